The van der Waals surface area contributed by atoms with Gasteiger partial charge >= 0.3 is 0 Å². The summed E-state index contributed by atoms with van der Waals surface area (Å²) < 4.78 is 5.67. The zero-order valence-electron chi connectivity index (χ0n) is 11.5. The van der Waals surface area contributed by atoms with Gasteiger partial charge in [0.25, 0.3) is 0 Å². The third-order valence-electron chi connectivity index (χ3n) is 3.04. The number of anilines is 1. The molecule has 104 valence electrons. The Morgan fingerprint density at radius 2 is 1.75 bits per heavy atom. The molecule has 0 saturated carbocycles. The number of hydrogen-bond acceptors (Lipinski definition) is 3. The molecule has 0 fully saturated rings. The zero-order valence-corrected chi connectivity index (χ0v) is 11.5. The van der Waals surface area contributed by atoms with Crippen molar-refractivity contribution in [2.24, 2.45) is 5.73 Å². The minimum Gasteiger partial charge on any atom is -0.492 e. The van der Waals surface area contributed by atoms with E-state index in [0.717, 1.165) is 23.5 Å². The first-order chi connectivity index (χ1) is 9.68. The number of nitrogens with zero attached hydrogens (tertiary/aromatic N) is 1. The van der Waals surface area contributed by atoms with Gasteiger partial charge in [-0.15, -0.1) is 0 Å². The van der Waals surface area contributed by atoms with Gasteiger partial charge in [0.05, 0.1) is 6.54 Å². The molecule has 2 aromatic carbocycles. The van der Waals surface area contributed by atoms with Crippen LogP contribution >= 0.6 is 0 Å². The molecule has 0 atom stereocenters. The van der Waals surface area contributed by atoms with Gasteiger partial charge in [0.2, 0.25) is 0 Å². The highest BCUT2D eigenvalue weighted by Crippen LogP contribution is 2.18. The molecule has 0 aliphatic carbocycles. The maximum atomic E-state index is 7.60. The number of hydrogen-bond donors (Lipinski definition) is 2. The molecule has 2 aromatic rings. The highest BCUT2D eigenvalue weighted by atomic mass is 16.5. The lowest BCUT2D eigenvalue weighted by molar-refractivity contribution is 0.326. The largest absolute Gasteiger partial charge is 0.492 e. The van der Waals surface area contributed by atoms with Crippen LogP contribution in [-0.2, 0) is 0 Å². The Hall–Kier alpha value is -2.49. The molecule has 0 amide bonds. The summed E-state index contributed by atoms with van der Waals surface area (Å²) in [4.78, 5) is 2.04. The third kappa shape index (κ3) is 3.51. The summed E-state index contributed by atoms with van der Waals surface area (Å²) in [5.74, 6) is 0.942. The summed E-state index contributed by atoms with van der Waals surface area (Å²) >= 11 is 0. The number of nitrogens with two attached hydrogens (primary N) is 1. The van der Waals surface area contributed by atoms with Crippen molar-refractivity contribution in [3.63, 3.8) is 0 Å². The first-order valence-electron chi connectivity index (χ1n) is 6.51. The van der Waals surface area contributed by atoms with Crippen molar-refractivity contribution >= 4 is 11.5 Å². The summed E-state index contributed by atoms with van der Waals surface area (Å²) in [7, 11) is 1.97. The number of nitrogen functional groups attached to an aromatic ring is 1. The van der Waals surface area contributed by atoms with E-state index >= 15 is 0 Å². The topological polar surface area (TPSA) is 62.3 Å². The maximum absolute atomic E-state index is 7.60. The van der Waals surface area contributed by atoms with Crippen LogP contribution in [0.4, 0.5) is 5.69 Å². The minimum atomic E-state index is 0.0800. The molecule has 3 N–H and O–H groups in total. The molecule has 20 heavy (non-hydrogen) atoms. The van der Waals surface area contributed by atoms with E-state index in [1.165, 1.54) is 0 Å². The number of benzene rings is 2. The SMILES string of the molecule is CN(CCOc1ccccc1)c1ccccc1C(=N)N. The van der Waals surface area contributed by atoms with Gasteiger partial charge in [-0.25, -0.2) is 0 Å². The van der Waals surface area contributed by atoms with E-state index in [0.29, 0.717) is 6.61 Å². The fourth-order valence-corrected chi connectivity index (χ4v) is 1.97. The van der Waals surface area contributed by atoms with Gasteiger partial charge in [0.15, 0.2) is 0 Å². The molecule has 0 saturated heterocycles. The van der Waals surface area contributed by atoms with E-state index in [4.69, 9.17) is 15.9 Å². The quantitative estimate of drug-likeness (QED) is 0.625. The average Bonchev–Trinajstić information content (AvgIpc) is 2.48. The van der Waals surface area contributed by atoms with E-state index in [-0.39, 0.29) is 5.84 Å². The molecule has 0 radical (unpaired) electrons. The third-order valence-corrected chi connectivity index (χ3v) is 3.04. The summed E-state index contributed by atoms with van der Waals surface area (Å²) in [5, 5.41) is 7.60. The van der Waals surface area contributed by atoms with Gasteiger partial charge in [-0.3, -0.25) is 5.41 Å². The van der Waals surface area contributed by atoms with E-state index < -0.39 is 0 Å². The maximum Gasteiger partial charge on any atom is 0.124 e. The Kier molecular flexibility index (Phi) is 4.60. The second-order valence-electron chi connectivity index (χ2n) is 4.51. The van der Waals surface area contributed by atoms with Crippen LogP contribution in [0.1, 0.15) is 5.56 Å². The lowest BCUT2D eigenvalue weighted by atomic mass is 10.1. The fourth-order valence-electron chi connectivity index (χ4n) is 1.97. The van der Waals surface area contributed by atoms with E-state index in [9.17, 15) is 0 Å². The second kappa shape index (κ2) is 6.61. The van der Waals surface area contributed by atoms with Gasteiger partial charge in [-0.05, 0) is 24.3 Å². The van der Waals surface area contributed by atoms with Crippen molar-refractivity contribution < 1.29 is 4.74 Å². The number of nitrogens with one attached hydrogen (secondary N) is 1. The molecule has 0 unspecified atom stereocenters. The summed E-state index contributed by atoms with van der Waals surface area (Å²) in [6.45, 7) is 1.30. The van der Waals surface area contributed by atoms with Crippen LogP contribution in [-0.4, -0.2) is 26.0 Å². The van der Waals surface area contributed by atoms with Crippen LogP contribution in [0.2, 0.25) is 0 Å². The first kappa shape index (κ1) is 13.9. The lowest BCUT2D eigenvalue weighted by Gasteiger charge is -2.22. The van der Waals surface area contributed by atoms with Crippen molar-refractivity contribution in [1.29, 1.82) is 5.41 Å². The average molecular weight is 269 g/mol. The van der Waals surface area contributed by atoms with Crippen molar-refractivity contribution in [3.8, 4) is 5.75 Å². The number of para-hydroxylation sites is 2. The predicted molar refractivity (Wildman–Crippen MR) is 82.7 cm³/mol. The Morgan fingerprint density at radius 3 is 2.45 bits per heavy atom. The van der Waals surface area contributed by atoms with Gasteiger partial charge < -0.3 is 15.4 Å². The van der Waals surface area contributed by atoms with Crippen LogP contribution in [0.15, 0.2) is 54.6 Å². The Labute approximate surface area is 119 Å². The summed E-state index contributed by atoms with van der Waals surface area (Å²) in [5.41, 5.74) is 7.28. The Bertz CT molecular complexity index is 569. The highest BCUT2D eigenvalue weighted by molar-refractivity contribution is 6.00. The van der Waals surface area contributed by atoms with Crippen LogP contribution in [0.25, 0.3) is 0 Å². The van der Waals surface area contributed by atoms with E-state index in [2.05, 4.69) is 0 Å². The van der Waals surface area contributed by atoms with Crippen molar-refractivity contribution in [2.45, 2.75) is 0 Å². The van der Waals surface area contributed by atoms with Gasteiger partial charge in [0, 0.05) is 18.3 Å². The van der Waals surface area contributed by atoms with Gasteiger partial charge in [-0.2, -0.15) is 0 Å². The molecular weight excluding hydrogens is 250 g/mol. The molecule has 2 rings (SSSR count). The molecule has 0 aliphatic rings. The predicted octanol–water partition coefficient (Wildman–Crippen LogP) is 2.49. The molecule has 0 heterocycles. The molecule has 4 nitrogen and oxygen atoms in total. The summed E-state index contributed by atoms with van der Waals surface area (Å²) in [6.07, 6.45) is 0. The molecule has 0 bridgehead atoms. The smallest absolute Gasteiger partial charge is 0.124 e. The number of rotatable bonds is 6. The second-order valence-corrected chi connectivity index (χ2v) is 4.51. The van der Waals surface area contributed by atoms with Crippen LogP contribution in [0.5, 0.6) is 5.75 Å². The van der Waals surface area contributed by atoms with Crippen molar-refractivity contribution in [3.05, 3.63) is 60.2 Å². The fraction of sp³-hybridized carbons (Fsp3) is 0.188. The molecule has 0 spiro atoms. The van der Waals surface area contributed by atoms with Crippen molar-refractivity contribution in [2.75, 3.05) is 25.1 Å². The van der Waals surface area contributed by atoms with E-state index in [1.54, 1.807) is 0 Å². The lowest BCUT2D eigenvalue weighted by Crippen LogP contribution is -2.26. The van der Waals surface area contributed by atoms with Gasteiger partial charge in [0.1, 0.15) is 18.2 Å². The van der Waals surface area contributed by atoms with Crippen molar-refractivity contribution in [1.82, 2.24) is 0 Å². The van der Waals surface area contributed by atoms with Gasteiger partial charge in [-0.1, -0.05) is 30.3 Å². The number of likely N-dealkylation sites (N-methyl/N-ethyl adjacent to an activating group) is 1. The zero-order chi connectivity index (χ0) is 14.4. The Balaban J connectivity index is 1.95. The number of amidine groups is 1. The minimum absolute atomic E-state index is 0.0800. The summed E-state index contributed by atoms with van der Waals surface area (Å²) in [6, 6.07) is 17.4. The molecule has 4 heteroatoms. The monoisotopic (exact) mass is 269 g/mol. The highest BCUT2D eigenvalue weighted by Gasteiger charge is 2.08. The number of ether oxygens (including phenoxy) is 1. The molecule has 0 aliphatic heterocycles. The van der Waals surface area contributed by atoms with Crippen LogP contribution in [0.3, 0.4) is 0 Å². The van der Waals surface area contributed by atoms with E-state index in [1.807, 2.05) is 66.5 Å². The standard InChI is InChI=1S/C16H19N3O/c1-19(11-12-20-13-7-3-2-4-8-13)15-10-6-5-9-14(15)16(17)18/h2-10H,11-12H2,1H3,(H3,17,18). The Morgan fingerprint density at radius 1 is 1.10 bits per heavy atom. The normalized spacial score (nSPS) is 10.1. The van der Waals surface area contributed by atoms with Crippen LogP contribution in [0, 0.1) is 5.41 Å². The molecule has 0 aromatic heterocycles. The molecular formula is C16H19N3O. The first-order valence-corrected chi connectivity index (χ1v) is 6.51. The van der Waals surface area contributed by atoms with Crippen LogP contribution < -0.4 is 15.4 Å².